The number of nitrogens with one attached hydrogen (secondary N) is 4. The van der Waals surface area contributed by atoms with E-state index in [4.69, 9.17) is 28.0 Å². The molecule has 4 amide bonds. The molecule has 4 unspecified atom stereocenters. The third-order valence-electron chi connectivity index (χ3n) is 6.08. The number of carbonyl (C=O) groups excluding carboxylic acids is 4. The molecule has 0 aliphatic carbocycles. The van der Waals surface area contributed by atoms with Crippen molar-refractivity contribution < 1.29 is 29.1 Å². The standard InChI is InChI=1S/C25H37N9O6/c1-13(24(39)40)32-22(37)18(8-9-20(27)35)33-23(38)19(11-14-12-31-17-7-3-2-5-15(14)17)34-21(36)16(26)6-4-10-30-25(28)29/h2-3,5,7,12-13,16,18-19,31H,4,6,8-11,26H2,1H3,(H2,27,35)(H,32,37)(H,33,38)(H,34,36)(H,39,40)(H4,28,29,30). The topological polar surface area (TPSA) is 274 Å². The highest BCUT2D eigenvalue weighted by Crippen LogP contribution is 2.19. The number of guanidine groups is 1. The third kappa shape index (κ3) is 9.90. The smallest absolute Gasteiger partial charge is 0.325 e. The maximum atomic E-state index is 13.4. The molecule has 1 heterocycles. The minimum absolute atomic E-state index is 0.0397. The number of nitrogens with zero attached hydrogens (tertiary/aromatic N) is 1. The van der Waals surface area contributed by atoms with Gasteiger partial charge in [0.2, 0.25) is 23.6 Å². The van der Waals surface area contributed by atoms with Gasteiger partial charge in [-0.25, -0.2) is 0 Å². The summed E-state index contributed by atoms with van der Waals surface area (Å²) in [6.07, 6.45) is 1.97. The Labute approximate surface area is 230 Å². The molecule has 0 saturated carbocycles. The van der Waals surface area contributed by atoms with Gasteiger partial charge in [0.25, 0.3) is 0 Å². The molecule has 13 N–H and O–H groups in total. The van der Waals surface area contributed by atoms with Crippen molar-refractivity contribution in [2.24, 2.45) is 27.9 Å². The summed E-state index contributed by atoms with van der Waals surface area (Å²) >= 11 is 0. The molecule has 0 fully saturated rings. The SMILES string of the molecule is CC(NC(=O)C(CCC(N)=O)NC(=O)C(Cc1c[nH]c2ccccc12)NC(=O)C(N)CCCN=C(N)N)C(=O)O. The predicted octanol–water partition coefficient (Wildman–Crippen LogP) is -2.08. The van der Waals surface area contributed by atoms with Gasteiger partial charge in [-0.15, -0.1) is 0 Å². The molecule has 2 rings (SSSR count). The summed E-state index contributed by atoms with van der Waals surface area (Å²) < 4.78 is 0. The first-order valence-electron chi connectivity index (χ1n) is 12.7. The zero-order valence-corrected chi connectivity index (χ0v) is 22.2. The molecule has 0 aliphatic heterocycles. The number of aliphatic imine (C=N–C) groups is 1. The summed E-state index contributed by atoms with van der Waals surface area (Å²) in [4.78, 5) is 68.6. The molecule has 0 saturated heterocycles. The van der Waals surface area contributed by atoms with Crippen LogP contribution in [0.3, 0.4) is 0 Å². The Balaban J connectivity index is 2.25. The highest BCUT2D eigenvalue weighted by molar-refractivity contribution is 5.95. The molecule has 15 nitrogen and oxygen atoms in total. The lowest BCUT2D eigenvalue weighted by molar-refractivity contribution is -0.142. The van der Waals surface area contributed by atoms with Crippen LogP contribution in [0.5, 0.6) is 0 Å². The van der Waals surface area contributed by atoms with Gasteiger partial charge in [0.05, 0.1) is 6.04 Å². The largest absolute Gasteiger partial charge is 0.480 e. The number of carboxylic acid groups (broad SMARTS) is 1. The van der Waals surface area contributed by atoms with E-state index in [1.54, 1.807) is 6.20 Å². The van der Waals surface area contributed by atoms with Crippen molar-refractivity contribution in [3.8, 4) is 0 Å². The van der Waals surface area contributed by atoms with E-state index < -0.39 is 53.8 Å². The first-order valence-corrected chi connectivity index (χ1v) is 12.7. The van der Waals surface area contributed by atoms with E-state index in [-0.39, 0.29) is 38.2 Å². The van der Waals surface area contributed by atoms with Crippen LogP contribution in [0.2, 0.25) is 0 Å². The van der Waals surface area contributed by atoms with E-state index >= 15 is 0 Å². The highest BCUT2D eigenvalue weighted by atomic mass is 16.4. The minimum atomic E-state index is -1.29. The monoisotopic (exact) mass is 559 g/mol. The quantitative estimate of drug-likeness (QED) is 0.0619. The van der Waals surface area contributed by atoms with Gasteiger partial charge in [-0.1, -0.05) is 18.2 Å². The fourth-order valence-corrected chi connectivity index (χ4v) is 3.86. The Kier molecular flexibility index (Phi) is 11.9. The molecular weight excluding hydrogens is 522 g/mol. The number of amides is 4. The van der Waals surface area contributed by atoms with Crippen molar-refractivity contribution >= 4 is 46.5 Å². The molecule has 40 heavy (non-hydrogen) atoms. The number of nitrogens with two attached hydrogens (primary N) is 4. The lowest BCUT2D eigenvalue weighted by Crippen LogP contribution is -2.57. The lowest BCUT2D eigenvalue weighted by atomic mass is 10.0. The van der Waals surface area contributed by atoms with Crippen LogP contribution in [0.4, 0.5) is 0 Å². The molecule has 2 aromatic rings. The van der Waals surface area contributed by atoms with Crippen molar-refractivity contribution in [1.82, 2.24) is 20.9 Å². The summed E-state index contributed by atoms with van der Waals surface area (Å²) in [6, 6.07) is 2.69. The van der Waals surface area contributed by atoms with Crippen molar-refractivity contribution in [3.63, 3.8) is 0 Å². The van der Waals surface area contributed by atoms with Crippen molar-refractivity contribution in [2.75, 3.05) is 6.54 Å². The van der Waals surface area contributed by atoms with Gasteiger partial charge in [0.15, 0.2) is 5.96 Å². The maximum Gasteiger partial charge on any atom is 0.325 e. The van der Waals surface area contributed by atoms with Gasteiger partial charge < -0.3 is 49.0 Å². The molecule has 218 valence electrons. The van der Waals surface area contributed by atoms with Crippen LogP contribution in [0.1, 0.15) is 38.2 Å². The number of aliphatic carboxylic acids is 1. The van der Waals surface area contributed by atoms with Crippen LogP contribution in [-0.4, -0.2) is 76.4 Å². The molecule has 1 aromatic heterocycles. The molecular formula is C25H37N9O6. The molecule has 0 bridgehead atoms. The third-order valence-corrected chi connectivity index (χ3v) is 6.08. The second-order valence-electron chi connectivity index (χ2n) is 9.31. The van der Waals surface area contributed by atoms with Crippen LogP contribution in [0.25, 0.3) is 10.9 Å². The van der Waals surface area contributed by atoms with Crippen LogP contribution < -0.4 is 38.9 Å². The Morgan fingerprint density at radius 2 is 1.60 bits per heavy atom. The van der Waals surface area contributed by atoms with Gasteiger partial charge in [-0.05, 0) is 37.8 Å². The van der Waals surface area contributed by atoms with Gasteiger partial charge in [0.1, 0.15) is 18.1 Å². The van der Waals surface area contributed by atoms with Gasteiger partial charge in [-0.3, -0.25) is 29.0 Å². The number of hydrogen-bond acceptors (Lipinski definition) is 7. The number of aromatic nitrogens is 1. The van der Waals surface area contributed by atoms with E-state index in [0.717, 1.165) is 16.5 Å². The molecule has 1 aromatic carbocycles. The van der Waals surface area contributed by atoms with Crippen molar-refractivity contribution in [2.45, 2.75) is 63.2 Å². The second-order valence-corrected chi connectivity index (χ2v) is 9.31. The van der Waals surface area contributed by atoms with E-state index in [1.165, 1.54) is 6.92 Å². The summed E-state index contributed by atoms with van der Waals surface area (Å²) in [5, 5.41) is 17.4. The summed E-state index contributed by atoms with van der Waals surface area (Å²) in [7, 11) is 0. The number of rotatable bonds is 16. The molecule has 15 heteroatoms. The Bertz CT molecular complexity index is 1240. The van der Waals surface area contributed by atoms with Crippen molar-refractivity contribution in [1.29, 1.82) is 0 Å². The lowest BCUT2D eigenvalue weighted by Gasteiger charge is -2.24. The van der Waals surface area contributed by atoms with Gasteiger partial charge >= 0.3 is 5.97 Å². The summed E-state index contributed by atoms with van der Waals surface area (Å²) in [6.45, 7) is 1.52. The average Bonchev–Trinajstić information content (AvgIpc) is 3.30. The molecule has 0 aliphatic rings. The van der Waals surface area contributed by atoms with Crippen LogP contribution in [0.15, 0.2) is 35.5 Å². The van der Waals surface area contributed by atoms with Gasteiger partial charge in [0, 0.05) is 36.5 Å². The Morgan fingerprint density at radius 1 is 0.950 bits per heavy atom. The van der Waals surface area contributed by atoms with E-state index in [0.29, 0.717) is 6.42 Å². The number of benzene rings is 1. The number of para-hydroxylation sites is 1. The first kappa shape index (κ1) is 31.6. The number of carbonyl (C=O) groups is 5. The minimum Gasteiger partial charge on any atom is -0.480 e. The summed E-state index contributed by atoms with van der Waals surface area (Å²) in [5.74, 6) is -4.25. The van der Waals surface area contributed by atoms with E-state index in [1.807, 2.05) is 24.3 Å². The van der Waals surface area contributed by atoms with Crippen molar-refractivity contribution in [3.05, 3.63) is 36.0 Å². The molecule has 0 spiro atoms. The predicted molar refractivity (Wildman–Crippen MR) is 147 cm³/mol. The van der Waals surface area contributed by atoms with Crippen LogP contribution in [-0.2, 0) is 30.4 Å². The zero-order chi connectivity index (χ0) is 29.8. The number of fused-ring (bicyclic) bond motifs is 1. The van der Waals surface area contributed by atoms with E-state index in [9.17, 15) is 24.0 Å². The molecule has 0 radical (unpaired) electrons. The Hall–Kier alpha value is -4.66. The first-order chi connectivity index (χ1) is 18.9. The number of aromatic amines is 1. The number of H-pyrrole nitrogens is 1. The van der Waals surface area contributed by atoms with Crippen LogP contribution in [0, 0.1) is 0 Å². The second kappa shape index (κ2) is 15.1. The number of hydrogen-bond donors (Lipinski definition) is 9. The Morgan fingerprint density at radius 3 is 2.25 bits per heavy atom. The maximum absolute atomic E-state index is 13.4. The van der Waals surface area contributed by atoms with Gasteiger partial charge in [-0.2, -0.15) is 0 Å². The average molecular weight is 560 g/mol. The fraction of sp³-hybridized carbons (Fsp3) is 0.440. The van der Waals surface area contributed by atoms with Crippen LogP contribution >= 0.6 is 0 Å². The normalized spacial score (nSPS) is 13.8. The zero-order valence-electron chi connectivity index (χ0n) is 22.2. The number of carboxylic acids is 1. The fourth-order valence-electron chi connectivity index (χ4n) is 3.86. The summed E-state index contributed by atoms with van der Waals surface area (Å²) in [5.41, 5.74) is 23.4. The van der Waals surface area contributed by atoms with E-state index in [2.05, 4.69) is 25.9 Å². The number of primary amides is 1. The highest BCUT2D eigenvalue weighted by Gasteiger charge is 2.30. The molecule has 4 atom stereocenters.